The first-order valence-corrected chi connectivity index (χ1v) is 20.1. The fourth-order valence-electron chi connectivity index (χ4n) is 9.00. The van der Waals surface area contributed by atoms with E-state index < -0.39 is 0 Å². The number of hydrogen-bond donors (Lipinski definition) is 0. The normalized spacial score (nSPS) is 11.7. The van der Waals surface area contributed by atoms with Crippen LogP contribution in [-0.2, 0) is 0 Å². The van der Waals surface area contributed by atoms with E-state index in [9.17, 15) is 0 Å². The van der Waals surface area contributed by atoms with Crippen molar-refractivity contribution in [3.8, 4) is 50.6 Å². The summed E-state index contributed by atoms with van der Waals surface area (Å²) in [5, 5.41) is 10.6. The number of para-hydroxylation sites is 1. The predicted molar refractivity (Wildman–Crippen MR) is 248 cm³/mol. The third kappa shape index (κ3) is 5.59. The first kappa shape index (κ1) is 33.3. The van der Waals surface area contributed by atoms with Crippen LogP contribution in [0.4, 0.5) is 0 Å². The minimum atomic E-state index is 0.690. The molecule has 0 saturated carbocycles. The van der Waals surface area contributed by atoms with Crippen molar-refractivity contribution in [2.75, 3.05) is 0 Å². The van der Waals surface area contributed by atoms with Crippen LogP contribution in [-0.4, -0.2) is 14.5 Å². The van der Waals surface area contributed by atoms with E-state index in [1.807, 2.05) is 0 Å². The predicted octanol–water partition coefficient (Wildman–Crippen LogP) is 14.9. The van der Waals surface area contributed by atoms with E-state index in [2.05, 4.69) is 217 Å². The number of fused-ring (bicyclic) bond motifs is 7. The van der Waals surface area contributed by atoms with E-state index >= 15 is 0 Å². The molecule has 0 unspecified atom stereocenters. The van der Waals surface area contributed by atoms with Crippen molar-refractivity contribution in [2.45, 2.75) is 0 Å². The number of rotatable bonds is 5. The molecule has 3 heteroatoms. The fourth-order valence-corrected chi connectivity index (χ4v) is 9.00. The van der Waals surface area contributed by atoms with Crippen molar-refractivity contribution in [1.82, 2.24) is 14.5 Å². The zero-order valence-electron chi connectivity index (χ0n) is 32.0. The summed E-state index contributed by atoms with van der Waals surface area (Å²) in [6.45, 7) is 0. The molecule has 59 heavy (non-hydrogen) atoms. The number of hydrogen-bond acceptors (Lipinski definition) is 2. The van der Waals surface area contributed by atoms with Crippen LogP contribution in [0.25, 0.3) is 116 Å². The SMILES string of the molecule is c1ccc(-c2ccc(-c3ccc4c(-c5ccc6ccccc6c5)nc(-c5cc(-n6c7ccccc7c7cc8ccccc8cc76)c6ccccc6c5)nc4c3)cc2)cc1. The summed E-state index contributed by atoms with van der Waals surface area (Å²) >= 11 is 0. The van der Waals surface area contributed by atoms with Gasteiger partial charge in [0.25, 0.3) is 0 Å². The summed E-state index contributed by atoms with van der Waals surface area (Å²) in [6.07, 6.45) is 0. The molecule has 0 aliphatic carbocycles. The number of nitrogens with zero attached hydrogens (tertiary/aromatic N) is 3. The van der Waals surface area contributed by atoms with E-state index in [0.717, 1.165) is 49.9 Å². The first-order valence-electron chi connectivity index (χ1n) is 20.1. The van der Waals surface area contributed by atoms with Crippen molar-refractivity contribution in [3.63, 3.8) is 0 Å². The Hall–Kier alpha value is -7.88. The molecule has 3 nitrogen and oxygen atoms in total. The van der Waals surface area contributed by atoms with Crippen LogP contribution in [0.15, 0.2) is 212 Å². The van der Waals surface area contributed by atoms with Gasteiger partial charge in [-0.05, 0) is 97.7 Å². The topological polar surface area (TPSA) is 30.7 Å². The van der Waals surface area contributed by atoms with Gasteiger partial charge in [-0.3, -0.25) is 0 Å². The maximum absolute atomic E-state index is 5.47. The highest BCUT2D eigenvalue weighted by molar-refractivity contribution is 6.15. The second kappa shape index (κ2) is 13.4. The molecule has 2 aromatic heterocycles. The zero-order chi connectivity index (χ0) is 38.9. The third-order valence-corrected chi connectivity index (χ3v) is 11.9. The Kier molecular flexibility index (Phi) is 7.54. The Morgan fingerprint density at radius 1 is 0.288 bits per heavy atom. The Bertz CT molecular complexity index is 3600. The van der Waals surface area contributed by atoms with Gasteiger partial charge < -0.3 is 4.57 Å². The molecular weight excluding hydrogens is 715 g/mol. The molecular formula is C56H35N3. The Morgan fingerprint density at radius 3 is 1.66 bits per heavy atom. The van der Waals surface area contributed by atoms with Crippen molar-refractivity contribution < 1.29 is 0 Å². The molecule has 12 rings (SSSR count). The highest BCUT2D eigenvalue weighted by atomic mass is 15.0. The van der Waals surface area contributed by atoms with E-state index in [4.69, 9.17) is 9.97 Å². The molecule has 12 aromatic rings. The molecule has 0 radical (unpaired) electrons. The lowest BCUT2D eigenvalue weighted by atomic mass is 9.97. The molecule has 0 amide bonds. The molecule has 0 spiro atoms. The maximum atomic E-state index is 5.47. The Morgan fingerprint density at radius 2 is 0.864 bits per heavy atom. The highest BCUT2D eigenvalue weighted by Gasteiger charge is 2.19. The summed E-state index contributed by atoms with van der Waals surface area (Å²) in [4.78, 5) is 10.9. The summed E-state index contributed by atoms with van der Waals surface area (Å²) in [5.74, 6) is 0.690. The van der Waals surface area contributed by atoms with Gasteiger partial charge in [0.05, 0.1) is 27.9 Å². The van der Waals surface area contributed by atoms with Crippen molar-refractivity contribution in [1.29, 1.82) is 0 Å². The van der Waals surface area contributed by atoms with Gasteiger partial charge in [0.15, 0.2) is 5.82 Å². The van der Waals surface area contributed by atoms with Crippen LogP contribution in [0, 0.1) is 0 Å². The molecule has 0 aliphatic heterocycles. The largest absolute Gasteiger partial charge is 0.309 e. The van der Waals surface area contributed by atoms with Crippen LogP contribution in [0.3, 0.4) is 0 Å². The lowest BCUT2D eigenvalue weighted by Gasteiger charge is -2.16. The minimum Gasteiger partial charge on any atom is -0.309 e. The Labute approximate surface area is 341 Å². The van der Waals surface area contributed by atoms with E-state index in [-0.39, 0.29) is 0 Å². The van der Waals surface area contributed by atoms with Crippen LogP contribution in [0.5, 0.6) is 0 Å². The zero-order valence-corrected chi connectivity index (χ0v) is 32.0. The average molecular weight is 750 g/mol. The molecule has 0 saturated heterocycles. The van der Waals surface area contributed by atoms with Gasteiger partial charge in [-0.1, -0.05) is 164 Å². The molecule has 2 heterocycles. The fraction of sp³-hybridized carbons (Fsp3) is 0. The molecule has 0 fully saturated rings. The quantitative estimate of drug-likeness (QED) is 0.175. The Balaban J connectivity index is 1.10. The summed E-state index contributed by atoms with van der Waals surface area (Å²) in [6, 6.07) is 76.4. The first-order chi connectivity index (χ1) is 29.2. The minimum absolute atomic E-state index is 0.690. The van der Waals surface area contributed by atoms with Crippen LogP contribution in [0.1, 0.15) is 0 Å². The van der Waals surface area contributed by atoms with Gasteiger partial charge in [0, 0.05) is 32.7 Å². The summed E-state index contributed by atoms with van der Waals surface area (Å²) in [7, 11) is 0. The smallest absolute Gasteiger partial charge is 0.160 e. The lowest BCUT2D eigenvalue weighted by Crippen LogP contribution is -1.99. The number of benzene rings is 10. The molecule has 0 N–H and O–H groups in total. The van der Waals surface area contributed by atoms with Crippen molar-refractivity contribution >= 4 is 65.0 Å². The summed E-state index contributed by atoms with van der Waals surface area (Å²) < 4.78 is 2.44. The van der Waals surface area contributed by atoms with Crippen LogP contribution in [0.2, 0.25) is 0 Å². The monoisotopic (exact) mass is 749 g/mol. The summed E-state index contributed by atoms with van der Waals surface area (Å²) in [5.41, 5.74) is 11.9. The van der Waals surface area contributed by atoms with Crippen LogP contribution >= 0.6 is 0 Å². The lowest BCUT2D eigenvalue weighted by molar-refractivity contribution is 1.19. The van der Waals surface area contributed by atoms with Gasteiger partial charge >= 0.3 is 0 Å². The van der Waals surface area contributed by atoms with Gasteiger partial charge in [-0.15, -0.1) is 0 Å². The van der Waals surface area contributed by atoms with E-state index in [0.29, 0.717) is 5.82 Å². The van der Waals surface area contributed by atoms with E-state index in [1.54, 1.807) is 0 Å². The van der Waals surface area contributed by atoms with Gasteiger partial charge in [-0.2, -0.15) is 0 Å². The van der Waals surface area contributed by atoms with E-state index in [1.165, 1.54) is 59.9 Å². The highest BCUT2D eigenvalue weighted by Crippen LogP contribution is 2.40. The van der Waals surface area contributed by atoms with Crippen molar-refractivity contribution in [3.05, 3.63) is 212 Å². The van der Waals surface area contributed by atoms with Gasteiger partial charge in [0.1, 0.15) is 0 Å². The standard InChI is InChI=1S/C56H35N3/c1-2-12-36(13-3-1)38-22-24-39(25-23-38)43-28-29-49-51(33-43)57-56(58-55(49)45-27-26-37-14-4-5-15-40(37)30-45)46-31-44-18-8-9-19-47(44)53(35-46)59-52-21-11-10-20-48(52)50-32-41-16-6-7-17-42(41)34-54(50)59/h1-35H. The average Bonchev–Trinajstić information content (AvgIpc) is 3.62. The number of aromatic nitrogens is 3. The van der Waals surface area contributed by atoms with Crippen LogP contribution < -0.4 is 0 Å². The van der Waals surface area contributed by atoms with Gasteiger partial charge in [-0.25, -0.2) is 9.97 Å². The van der Waals surface area contributed by atoms with Crippen molar-refractivity contribution in [2.24, 2.45) is 0 Å². The second-order valence-corrected chi connectivity index (χ2v) is 15.4. The molecule has 10 aromatic carbocycles. The third-order valence-electron chi connectivity index (χ3n) is 11.9. The maximum Gasteiger partial charge on any atom is 0.160 e. The molecule has 274 valence electrons. The second-order valence-electron chi connectivity index (χ2n) is 15.4. The molecule has 0 aliphatic rings. The molecule has 0 atom stereocenters. The molecule has 0 bridgehead atoms. The van der Waals surface area contributed by atoms with Gasteiger partial charge in [0.2, 0.25) is 0 Å².